The summed E-state index contributed by atoms with van der Waals surface area (Å²) < 4.78 is 65.6. The molecule has 10 heteroatoms. The van der Waals surface area contributed by atoms with Crippen LogP contribution in [0.1, 0.15) is 0 Å². The van der Waals surface area contributed by atoms with E-state index in [0.29, 0.717) is 21.7 Å². The second kappa shape index (κ2) is 7.57. The van der Waals surface area contributed by atoms with Crippen LogP contribution in [0.15, 0.2) is 86.3 Å². The monoisotopic (exact) mass is 437 g/mol. The van der Waals surface area contributed by atoms with E-state index >= 15 is 0 Å². The maximum Gasteiger partial charge on any atom is 0.295 e. The fourth-order valence-corrected chi connectivity index (χ4v) is 5.06. The van der Waals surface area contributed by atoms with E-state index in [1.807, 2.05) is 0 Å². The molecule has 0 aliphatic carbocycles. The van der Waals surface area contributed by atoms with Crippen LogP contribution in [0.25, 0.3) is 11.1 Å². The van der Waals surface area contributed by atoms with Crippen molar-refractivity contribution in [3.8, 4) is 11.1 Å². The molecule has 0 fully saturated rings. The Hall–Kier alpha value is -2.37. The second-order valence-electron chi connectivity index (χ2n) is 5.78. The zero-order valence-electron chi connectivity index (χ0n) is 14.2. The lowest BCUT2D eigenvalue weighted by molar-refractivity contribution is 0.479. The summed E-state index contributed by atoms with van der Waals surface area (Å²) in [6.07, 6.45) is 0. The third-order valence-electron chi connectivity index (χ3n) is 3.80. The van der Waals surface area contributed by atoms with Crippen LogP contribution >= 0.6 is 11.8 Å². The Morgan fingerprint density at radius 3 is 2.04 bits per heavy atom. The number of hydrogen-bond donors (Lipinski definition) is 3. The van der Waals surface area contributed by atoms with Crippen molar-refractivity contribution in [3.05, 3.63) is 66.7 Å². The van der Waals surface area contributed by atoms with Crippen LogP contribution in [0, 0.1) is 0 Å². The zero-order valence-corrected chi connectivity index (χ0v) is 16.6. The highest BCUT2D eigenvalue weighted by Crippen LogP contribution is 2.40. The van der Waals surface area contributed by atoms with Gasteiger partial charge in [-0.3, -0.25) is 9.11 Å². The van der Waals surface area contributed by atoms with Gasteiger partial charge in [0.25, 0.3) is 20.2 Å². The first kappa shape index (κ1) is 20.4. The molecular weight excluding hydrogens is 422 g/mol. The molecule has 3 aromatic rings. The van der Waals surface area contributed by atoms with Crippen molar-refractivity contribution in [2.24, 2.45) is 0 Å². The number of rotatable bonds is 5. The van der Waals surface area contributed by atoms with Crippen molar-refractivity contribution in [1.82, 2.24) is 0 Å². The van der Waals surface area contributed by atoms with Crippen molar-refractivity contribution in [2.45, 2.75) is 19.6 Å². The third-order valence-corrected chi connectivity index (χ3v) is 6.83. The number of benzene rings is 3. The Balaban J connectivity index is 2.23. The quantitative estimate of drug-likeness (QED) is 0.407. The molecule has 3 aromatic carbocycles. The smallest absolute Gasteiger partial charge is 0.295 e. The molecule has 0 heterocycles. The predicted octanol–water partition coefficient (Wildman–Crippen LogP) is 3.58. The Kier molecular flexibility index (Phi) is 5.50. The van der Waals surface area contributed by atoms with Gasteiger partial charge in [-0.2, -0.15) is 16.8 Å². The van der Waals surface area contributed by atoms with Crippen LogP contribution in [-0.2, 0) is 20.2 Å². The maximum atomic E-state index is 11.9. The van der Waals surface area contributed by atoms with Crippen LogP contribution in [-0.4, -0.2) is 25.9 Å². The zero-order chi connectivity index (χ0) is 20.5. The lowest BCUT2D eigenvalue weighted by atomic mass is 10.1. The minimum Gasteiger partial charge on any atom is -0.399 e. The van der Waals surface area contributed by atoms with Crippen molar-refractivity contribution >= 4 is 37.7 Å². The third kappa shape index (κ3) is 4.54. The van der Waals surface area contributed by atoms with Gasteiger partial charge in [-0.15, -0.1) is 0 Å². The fourth-order valence-electron chi connectivity index (χ4n) is 2.53. The van der Waals surface area contributed by atoms with Gasteiger partial charge < -0.3 is 5.73 Å². The Labute approximate surface area is 166 Å². The van der Waals surface area contributed by atoms with Gasteiger partial charge in [0.15, 0.2) is 0 Å². The van der Waals surface area contributed by atoms with Gasteiger partial charge in [0.05, 0.1) is 4.90 Å². The molecule has 0 atom stereocenters. The lowest BCUT2D eigenvalue weighted by Crippen LogP contribution is -2.02. The van der Waals surface area contributed by atoms with Crippen LogP contribution in [0.5, 0.6) is 0 Å². The molecule has 0 aliphatic rings. The normalized spacial score (nSPS) is 12.1. The summed E-state index contributed by atoms with van der Waals surface area (Å²) in [7, 11) is -8.98. The number of anilines is 1. The fraction of sp³-hybridized carbons (Fsp3) is 0. The molecule has 0 unspecified atom stereocenters. The van der Waals surface area contributed by atoms with E-state index < -0.39 is 20.2 Å². The average Bonchev–Trinajstić information content (AvgIpc) is 2.62. The first-order valence-corrected chi connectivity index (χ1v) is 11.5. The molecule has 0 aromatic heterocycles. The van der Waals surface area contributed by atoms with Gasteiger partial charge in [0.2, 0.25) is 0 Å². The SMILES string of the molecule is Nc1ccc(Sc2c(-c3cccc(S(=O)(=O)O)c3)cccc2S(=O)(=O)O)cc1. The van der Waals surface area contributed by atoms with Crippen molar-refractivity contribution in [3.63, 3.8) is 0 Å². The van der Waals surface area contributed by atoms with Gasteiger partial charge in [0.1, 0.15) is 4.90 Å². The summed E-state index contributed by atoms with van der Waals surface area (Å²) >= 11 is 1.08. The molecule has 4 N–H and O–H groups in total. The molecule has 0 saturated heterocycles. The molecule has 0 radical (unpaired) electrons. The van der Waals surface area contributed by atoms with Crippen molar-refractivity contribution in [1.29, 1.82) is 0 Å². The summed E-state index contributed by atoms with van der Waals surface area (Å²) in [5.74, 6) is 0. The largest absolute Gasteiger partial charge is 0.399 e. The Morgan fingerprint density at radius 2 is 1.43 bits per heavy atom. The van der Waals surface area contributed by atoms with E-state index in [-0.39, 0.29) is 14.7 Å². The number of hydrogen-bond acceptors (Lipinski definition) is 6. The van der Waals surface area contributed by atoms with Crippen LogP contribution in [0.4, 0.5) is 5.69 Å². The summed E-state index contributed by atoms with van der Waals surface area (Å²) in [5, 5.41) is 0. The maximum absolute atomic E-state index is 11.9. The molecule has 3 rings (SSSR count). The van der Waals surface area contributed by atoms with E-state index in [4.69, 9.17) is 5.73 Å². The van der Waals surface area contributed by atoms with Crippen LogP contribution in [0.3, 0.4) is 0 Å². The number of nitrogens with two attached hydrogens (primary N) is 1. The molecule has 0 saturated carbocycles. The highest BCUT2D eigenvalue weighted by atomic mass is 32.2. The van der Waals surface area contributed by atoms with Crippen molar-refractivity contribution < 1.29 is 25.9 Å². The van der Waals surface area contributed by atoms with Crippen molar-refractivity contribution in [2.75, 3.05) is 5.73 Å². The second-order valence-corrected chi connectivity index (χ2v) is 9.68. The van der Waals surface area contributed by atoms with E-state index in [2.05, 4.69) is 0 Å². The van der Waals surface area contributed by atoms with E-state index in [1.165, 1.54) is 30.3 Å². The van der Waals surface area contributed by atoms with Gasteiger partial charge in [-0.1, -0.05) is 36.0 Å². The molecule has 28 heavy (non-hydrogen) atoms. The molecule has 0 amide bonds. The summed E-state index contributed by atoms with van der Waals surface area (Å²) in [5.41, 5.74) is 6.94. The van der Waals surface area contributed by atoms with Gasteiger partial charge in [0, 0.05) is 15.5 Å². The topological polar surface area (TPSA) is 135 Å². The first-order chi connectivity index (χ1) is 13.1. The summed E-state index contributed by atoms with van der Waals surface area (Å²) in [6.45, 7) is 0. The van der Waals surface area contributed by atoms with E-state index in [9.17, 15) is 25.9 Å². The van der Waals surface area contributed by atoms with E-state index in [1.54, 1.807) is 36.4 Å². The minimum atomic E-state index is -4.54. The molecule has 0 aliphatic heterocycles. The molecule has 0 spiro atoms. The average molecular weight is 438 g/mol. The van der Waals surface area contributed by atoms with Crippen LogP contribution in [0.2, 0.25) is 0 Å². The number of nitrogen functional groups attached to an aromatic ring is 1. The summed E-state index contributed by atoms with van der Waals surface area (Å²) in [6, 6.07) is 16.4. The Bertz CT molecular complexity index is 1240. The molecule has 7 nitrogen and oxygen atoms in total. The first-order valence-electron chi connectivity index (χ1n) is 7.77. The van der Waals surface area contributed by atoms with Gasteiger partial charge in [-0.05, 0) is 53.6 Å². The Morgan fingerprint density at radius 1 is 0.786 bits per heavy atom. The highest BCUT2D eigenvalue weighted by molar-refractivity contribution is 8.00. The standard InChI is InChI=1S/C18H15NO6S3/c19-13-7-9-14(10-8-13)26-18-16(5-2-6-17(18)28(23,24)25)12-3-1-4-15(11-12)27(20,21)22/h1-11H,19H2,(H,20,21,22)(H,23,24,25). The van der Waals surface area contributed by atoms with Gasteiger partial charge >= 0.3 is 0 Å². The van der Waals surface area contributed by atoms with Gasteiger partial charge in [-0.25, -0.2) is 0 Å². The molecular formula is C18H15NO6S3. The van der Waals surface area contributed by atoms with E-state index in [0.717, 1.165) is 11.8 Å². The molecule has 0 bridgehead atoms. The minimum absolute atomic E-state index is 0.210. The summed E-state index contributed by atoms with van der Waals surface area (Å²) in [4.78, 5) is 0.231. The lowest BCUT2D eigenvalue weighted by Gasteiger charge is -2.14. The molecule has 146 valence electrons. The van der Waals surface area contributed by atoms with Crippen LogP contribution < -0.4 is 5.73 Å². The highest BCUT2D eigenvalue weighted by Gasteiger charge is 2.21. The predicted molar refractivity (Wildman–Crippen MR) is 106 cm³/mol.